The lowest BCUT2D eigenvalue weighted by Gasteiger charge is -2.41. The van der Waals surface area contributed by atoms with Crippen molar-refractivity contribution in [1.82, 2.24) is 4.90 Å². The van der Waals surface area contributed by atoms with Crippen LogP contribution in [0.25, 0.3) is 0 Å². The second-order valence-electron chi connectivity index (χ2n) is 8.61. The van der Waals surface area contributed by atoms with Gasteiger partial charge >= 0.3 is 6.09 Å². The third-order valence-corrected chi connectivity index (χ3v) is 6.47. The molecule has 1 amide bonds. The molecule has 0 aliphatic carbocycles. The first-order valence-electron chi connectivity index (χ1n) is 11.7. The fourth-order valence-electron chi connectivity index (χ4n) is 4.52. The van der Waals surface area contributed by atoms with E-state index in [1.807, 2.05) is 91.0 Å². The van der Waals surface area contributed by atoms with Crippen LogP contribution in [-0.4, -0.2) is 41.3 Å². The lowest BCUT2D eigenvalue weighted by Crippen LogP contribution is -2.50. The van der Waals surface area contributed by atoms with Crippen molar-refractivity contribution >= 4 is 11.8 Å². The Labute approximate surface area is 196 Å². The number of carbonyl (C=O) groups excluding carboxylic acids is 1. The molecule has 1 aliphatic rings. The molecule has 0 unspecified atom stereocenters. The summed E-state index contributed by atoms with van der Waals surface area (Å²) in [6.07, 6.45) is 0.784. The maximum Gasteiger partial charge on any atom is 0.414 e. The molecule has 5 nitrogen and oxygen atoms in total. The van der Waals surface area contributed by atoms with Gasteiger partial charge in [-0.3, -0.25) is 9.80 Å². The normalized spacial score (nSPS) is 16.7. The number of anilines is 1. The van der Waals surface area contributed by atoms with E-state index in [4.69, 9.17) is 4.74 Å². The Balaban J connectivity index is 1.41. The van der Waals surface area contributed by atoms with Gasteiger partial charge in [-0.25, -0.2) is 4.79 Å². The van der Waals surface area contributed by atoms with Crippen molar-refractivity contribution in [2.24, 2.45) is 0 Å². The average molecular weight is 445 g/mol. The maximum absolute atomic E-state index is 13.2. The minimum atomic E-state index is -0.538. The molecule has 1 aliphatic heterocycles. The molecule has 4 rings (SSSR count). The van der Waals surface area contributed by atoms with Crippen LogP contribution in [0.2, 0.25) is 0 Å². The van der Waals surface area contributed by atoms with Crippen molar-refractivity contribution in [3.8, 4) is 0 Å². The van der Waals surface area contributed by atoms with Crippen molar-refractivity contribution in [1.29, 1.82) is 0 Å². The SMILES string of the molecule is C[C@H]([C@H](O)c1ccccc1)N1CCC(N(C(=O)OCc2ccccc2)c2ccccc2)CC1. The highest BCUT2D eigenvalue weighted by Gasteiger charge is 2.33. The van der Waals surface area contributed by atoms with Crippen molar-refractivity contribution < 1.29 is 14.6 Å². The summed E-state index contributed by atoms with van der Waals surface area (Å²) < 4.78 is 5.70. The molecule has 0 saturated carbocycles. The summed E-state index contributed by atoms with van der Waals surface area (Å²) in [7, 11) is 0. The monoisotopic (exact) mass is 444 g/mol. The molecule has 1 saturated heterocycles. The number of para-hydroxylation sites is 1. The Hall–Kier alpha value is -3.15. The van der Waals surface area contributed by atoms with Crippen LogP contribution < -0.4 is 4.90 Å². The molecule has 3 aromatic rings. The summed E-state index contributed by atoms with van der Waals surface area (Å²) in [6, 6.07) is 29.4. The molecule has 33 heavy (non-hydrogen) atoms. The molecule has 0 bridgehead atoms. The number of piperidine rings is 1. The first kappa shape index (κ1) is 23.0. The molecule has 0 radical (unpaired) electrons. The summed E-state index contributed by atoms with van der Waals surface area (Å²) in [5.41, 5.74) is 2.76. The first-order valence-corrected chi connectivity index (χ1v) is 11.7. The standard InChI is InChI=1S/C28H32N2O3/c1-22(27(31)24-13-7-3-8-14-24)29-19-17-26(18-20-29)30(25-15-9-4-10-16-25)28(32)33-21-23-11-5-2-6-12-23/h2-16,22,26-27,31H,17-21H2,1H3/t22-,27+/m1/s1. The molecule has 1 fully saturated rings. The van der Waals surface area contributed by atoms with E-state index in [-0.39, 0.29) is 24.8 Å². The first-order chi connectivity index (χ1) is 16.1. The van der Waals surface area contributed by atoms with E-state index in [1.165, 1.54) is 0 Å². The number of aliphatic hydroxyl groups is 1. The fraction of sp³-hybridized carbons (Fsp3) is 0.321. The Bertz CT molecular complexity index is 989. The van der Waals surface area contributed by atoms with Crippen LogP contribution in [0.3, 0.4) is 0 Å². The molecule has 3 aromatic carbocycles. The van der Waals surface area contributed by atoms with Crippen molar-refractivity contribution in [2.45, 2.75) is 44.6 Å². The molecular weight excluding hydrogens is 412 g/mol. The summed E-state index contributed by atoms with van der Waals surface area (Å²) in [5.74, 6) is 0. The summed E-state index contributed by atoms with van der Waals surface area (Å²) >= 11 is 0. The van der Waals surface area contributed by atoms with Gasteiger partial charge in [-0.15, -0.1) is 0 Å². The topological polar surface area (TPSA) is 53.0 Å². The predicted octanol–water partition coefficient (Wildman–Crippen LogP) is 5.42. The number of ether oxygens (including phenoxy) is 1. The number of amides is 1. The molecular formula is C28H32N2O3. The molecule has 172 valence electrons. The van der Waals surface area contributed by atoms with Gasteiger partial charge in [-0.2, -0.15) is 0 Å². The average Bonchev–Trinajstić information content (AvgIpc) is 2.89. The number of hydrogen-bond acceptors (Lipinski definition) is 4. The third kappa shape index (κ3) is 5.81. The predicted molar refractivity (Wildman–Crippen MR) is 131 cm³/mol. The van der Waals surface area contributed by atoms with Gasteiger partial charge in [0.25, 0.3) is 0 Å². The highest BCUT2D eigenvalue weighted by atomic mass is 16.6. The van der Waals surface area contributed by atoms with E-state index in [1.54, 1.807) is 4.90 Å². The zero-order valence-corrected chi connectivity index (χ0v) is 19.1. The van der Waals surface area contributed by atoms with Crippen LogP contribution >= 0.6 is 0 Å². The highest BCUT2D eigenvalue weighted by molar-refractivity contribution is 5.88. The van der Waals surface area contributed by atoms with Crippen LogP contribution in [0.1, 0.15) is 37.0 Å². The van der Waals surface area contributed by atoms with Crippen LogP contribution in [0, 0.1) is 0 Å². The molecule has 1 N–H and O–H groups in total. The van der Waals surface area contributed by atoms with Crippen LogP contribution in [0.5, 0.6) is 0 Å². The van der Waals surface area contributed by atoms with Crippen LogP contribution in [-0.2, 0) is 11.3 Å². The van der Waals surface area contributed by atoms with Gasteiger partial charge < -0.3 is 9.84 Å². The molecule has 0 spiro atoms. The van der Waals surface area contributed by atoms with E-state index >= 15 is 0 Å². The van der Waals surface area contributed by atoms with Gasteiger partial charge in [0.2, 0.25) is 0 Å². The quantitative estimate of drug-likeness (QED) is 0.529. The van der Waals surface area contributed by atoms with Crippen LogP contribution in [0.15, 0.2) is 91.0 Å². The number of aliphatic hydroxyl groups excluding tert-OH is 1. The van der Waals surface area contributed by atoms with Gasteiger partial charge in [0.1, 0.15) is 6.61 Å². The van der Waals surface area contributed by atoms with Gasteiger partial charge in [-0.05, 0) is 43.0 Å². The highest BCUT2D eigenvalue weighted by Crippen LogP contribution is 2.28. The Morgan fingerprint density at radius 1 is 0.939 bits per heavy atom. The number of carbonyl (C=O) groups is 1. The number of hydrogen-bond donors (Lipinski definition) is 1. The number of rotatable bonds is 7. The van der Waals surface area contributed by atoms with E-state index < -0.39 is 6.10 Å². The van der Waals surface area contributed by atoms with Gasteiger partial charge in [0.15, 0.2) is 0 Å². The number of likely N-dealkylation sites (tertiary alicyclic amines) is 1. The largest absolute Gasteiger partial charge is 0.444 e. The Morgan fingerprint density at radius 3 is 2.09 bits per heavy atom. The van der Waals surface area contributed by atoms with E-state index in [2.05, 4.69) is 11.8 Å². The molecule has 2 atom stereocenters. The molecule has 5 heteroatoms. The van der Waals surface area contributed by atoms with Crippen molar-refractivity contribution in [3.05, 3.63) is 102 Å². The number of benzene rings is 3. The summed E-state index contributed by atoms with van der Waals surface area (Å²) in [4.78, 5) is 17.3. The number of nitrogens with zero attached hydrogens (tertiary/aromatic N) is 2. The van der Waals surface area contributed by atoms with Crippen molar-refractivity contribution in [2.75, 3.05) is 18.0 Å². The van der Waals surface area contributed by atoms with Crippen molar-refractivity contribution in [3.63, 3.8) is 0 Å². The Kier molecular flexibility index (Phi) is 7.76. The molecule has 0 aromatic heterocycles. The minimum absolute atomic E-state index is 0.00329. The van der Waals surface area contributed by atoms with Gasteiger partial charge in [-0.1, -0.05) is 78.9 Å². The zero-order chi connectivity index (χ0) is 23.0. The lowest BCUT2D eigenvalue weighted by molar-refractivity contribution is 0.0429. The second-order valence-corrected chi connectivity index (χ2v) is 8.61. The van der Waals surface area contributed by atoms with E-state index in [0.29, 0.717) is 0 Å². The summed E-state index contributed by atoms with van der Waals surface area (Å²) in [6.45, 7) is 3.94. The third-order valence-electron chi connectivity index (χ3n) is 6.47. The Morgan fingerprint density at radius 2 is 1.48 bits per heavy atom. The van der Waals surface area contributed by atoms with E-state index in [0.717, 1.165) is 42.7 Å². The smallest absolute Gasteiger partial charge is 0.414 e. The van der Waals surface area contributed by atoms with Crippen LogP contribution in [0.4, 0.5) is 10.5 Å². The maximum atomic E-state index is 13.2. The second kappa shape index (κ2) is 11.1. The minimum Gasteiger partial charge on any atom is -0.444 e. The molecule has 1 heterocycles. The van der Waals surface area contributed by atoms with E-state index in [9.17, 15) is 9.90 Å². The fourth-order valence-corrected chi connectivity index (χ4v) is 4.52. The van der Waals surface area contributed by atoms with Gasteiger partial charge in [0, 0.05) is 30.9 Å². The zero-order valence-electron chi connectivity index (χ0n) is 19.1. The lowest BCUT2D eigenvalue weighted by atomic mass is 9.97. The van der Waals surface area contributed by atoms with Gasteiger partial charge in [0.05, 0.1) is 6.10 Å². The summed E-state index contributed by atoms with van der Waals surface area (Å²) in [5, 5.41) is 10.8.